The fraction of sp³-hybridized carbons (Fsp3) is 0.500. The molecule has 18 heavy (non-hydrogen) atoms. The lowest BCUT2D eigenvalue weighted by atomic mass is 10.2. The third-order valence-electron chi connectivity index (χ3n) is 2.16. The van der Waals surface area contributed by atoms with E-state index in [4.69, 9.17) is 13.7 Å². The van der Waals surface area contributed by atoms with Crippen LogP contribution in [0.2, 0.25) is 0 Å². The van der Waals surface area contributed by atoms with Crippen molar-refractivity contribution in [3.05, 3.63) is 23.8 Å². The Morgan fingerprint density at radius 2 is 1.83 bits per heavy atom. The van der Waals surface area contributed by atoms with E-state index in [1.807, 2.05) is 0 Å². The highest BCUT2D eigenvalue weighted by Gasteiger charge is 2.19. The van der Waals surface area contributed by atoms with Crippen molar-refractivity contribution in [3.8, 4) is 11.5 Å². The summed E-state index contributed by atoms with van der Waals surface area (Å²) in [6.07, 6.45) is -0.383. The van der Waals surface area contributed by atoms with Gasteiger partial charge in [-0.25, -0.2) is 0 Å². The first-order valence-electron chi connectivity index (χ1n) is 5.50. The average Bonchev–Trinajstić information content (AvgIpc) is 2.26. The largest absolute Gasteiger partial charge is 0.493 e. The molecule has 0 aliphatic heterocycles. The molecule has 0 aliphatic rings. The summed E-state index contributed by atoms with van der Waals surface area (Å²) < 4.78 is 38.7. The minimum absolute atomic E-state index is 0.244. The summed E-state index contributed by atoms with van der Waals surface area (Å²) in [5.41, 5.74) is 0.512. The molecule has 0 unspecified atom stereocenters. The zero-order chi connectivity index (χ0) is 13.8. The van der Waals surface area contributed by atoms with E-state index >= 15 is 0 Å². The van der Waals surface area contributed by atoms with E-state index in [0.29, 0.717) is 17.1 Å². The molecule has 0 heterocycles. The highest BCUT2D eigenvalue weighted by atomic mass is 32.2. The second-order valence-electron chi connectivity index (χ2n) is 4.00. The third-order valence-corrected chi connectivity index (χ3v) is 3.50. The second-order valence-corrected chi connectivity index (χ2v) is 5.60. The molecule has 0 bridgehead atoms. The molecule has 0 saturated carbocycles. The summed E-state index contributed by atoms with van der Waals surface area (Å²) in [7, 11) is -0.657. The van der Waals surface area contributed by atoms with Crippen LogP contribution in [0, 0.1) is 0 Å². The van der Waals surface area contributed by atoms with Gasteiger partial charge in [-0.15, -0.1) is 0 Å². The molecule has 0 aliphatic carbocycles. The van der Waals surface area contributed by atoms with Gasteiger partial charge >= 0.3 is 0 Å². The van der Waals surface area contributed by atoms with E-state index in [1.165, 1.54) is 14.2 Å². The Balaban J connectivity index is 3.04. The fourth-order valence-corrected chi connectivity index (χ4v) is 2.85. The van der Waals surface area contributed by atoms with Crippen molar-refractivity contribution in [2.24, 2.45) is 0 Å². The third kappa shape index (κ3) is 3.89. The lowest BCUT2D eigenvalue weighted by Crippen LogP contribution is -2.14. The molecular formula is C12H18O5S. The number of hydrogen-bond acceptors (Lipinski definition) is 5. The molecule has 0 radical (unpaired) electrons. The van der Waals surface area contributed by atoms with Crippen molar-refractivity contribution < 1.29 is 22.1 Å². The van der Waals surface area contributed by atoms with Crippen LogP contribution in [0.25, 0.3) is 0 Å². The van der Waals surface area contributed by atoms with Crippen LogP contribution in [0.15, 0.2) is 18.2 Å². The number of ether oxygens (including phenoxy) is 2. The molecule has 1 rings (SSSR count). The first-order valence-corrected chi connectivity index (χ1v) is 7.08. The number of methoxy groups -OCH3 is 2. The monoisotopic (exact) mass is 274 g/mol. The summed E-state index contributed by atoms with van der Waals surface area (Å²) in [6.45, 7) is 3.33. The fourth-order valence-electron chi connectivity index (χ4n) is 1.59. The van der Waals surface area contributed by atoms with E-state index in [-0.39, 0.29) is 11.9 Å². The normalized spacial score (nSPS) is 11.6. The van der Waals surface area contributed by atoms with Gasteiger partial charge in [0.25, 0.3) is 10.1 Å². The maximum Gasteiger partial charge on any atom is 0.271 e. The Morgan fingerprint density at radius 1 is 1.17 bits per heavy atom. The lowest BCUT2D eigenvalue weighted by molar-refractivity contribution is 0.248. The minimum atomic E-state index is -3.63. The quantitative estimate of drug-likeness (QED) is 0.742. The second kappa shape index (κ2) is 6.06. The molecule has 0 N–H and O–H groups in total. The van der Waals surface area contributed by atoms with Crippen molar-refractivity contribution in [1.29, 1.82) is 0 Å². The molecule has 0 spiro atoms. The molecule has 1 aromatic carbocycles. The minimum Gasteiger partial charge on any atom is -0.493 e. The van der Waals surface area contributed by atoms with Gasteiger partial charge in [-0.3, -0.25) is 4.18 Å². The molecule has 6 heteroatoms. The van der Waals surface area contributed by atoms with Crippen LogP contribution in [-0.4, -0.2) is 28.7 Å². The van der Waals surface area contributed by atoms with Crippen LogP contribution in [0.4, 0.5) is 0 Å². The van der Waals surface area contributed by atoms with Gasteiger partial charge in [0.1, 0.15) is 5.75 Å². The van der Waals surface area contributed by atoms with Crippen LogP contribution in [0.1, 0.15) is 19.4 Å². The Morgan fingerprint density at radius 3 is 2.33 bits per heavy atom. The maximum atomic E-state index is 11.8. The molecule has 1 aromatic rings. The van der Waals surface area contributed by atoms with Crippen molar-refractivity contribution in [2.45, 2.75) is 25.7 Å². The average molecular weight is 274 g/mol. The van der Waals surface area contributed by atoms with Gasteiger partial charge in [-0.1, -0.05) is 12.1 Å². The zero-order valence-electron chi connectivity index (χ0n) is 11.0. The number of rotatable bonds is 6. The Kier molecular flexibility index (Phi) is 4.98. The lowest BCUT2D eigenvalue weighted by Gasteiger charge is -2.13. The molecule has 0 aromatic heterocycles. The smallest absolute Gasteiger partial charge is 0.271 e. The van der Waals surface area contributed by atoms with Gasteiger partial charge in [0.15, 0.2) is 11.5 Å². The Labute approximate surface area is 108 Å². The van der Waals surface area contributed by atoms with E-state index in [9.17, 15) is 8.42 Å². The molecule has 0 saturated heterocycles. The van der Waals surface area contributed by atoms with Crippen LogP contribution < -0.4 is 9.47 Å². The summed E-state index contributed by atoms with van der Waals surface area (Å²) in [6, 6.07) is 5.09. The summed E-state index contributed by atoms with van der Waals surface area (Å²) in [4.78, 5) is 0. The molecule has 0 fully saturated rings. The van der Waals surface area contributed by atoms with Crippen LogP contribution in [-0.2, 0) is 20.1 Å². The first kappa shape index (κ1) is 14.8. The highest BCUT2D eigenvalue weighted by molar-refractivity contribution is 7.85. The van der Waals surface area contributed by atoms with Gasteiger partial charge in [-0.05, 0) is 19.9 Å². The number of para-hydroxylation sites is 1. The summed E-state index contributed by atoms with van der Waals surface area (Å²) >= 11 is 0. The zero-order valence-corrected chi connectivity index (χ0v) is 11.8. The van der Waals surface area contributed by atoms with E-state index < -0.39 is 10.1 Å². The number of benzene rings is 1. The van der Waals surface area contributed by atoms with Gasteiger partial charge < -0.3 is 9.47 Å². The Hall–Kier alpha value is -1.27. The van der Waals surface area contributed by atoms with Gasteiger partial charge in [0.05, 0.1) is 20.3 Å². The van der Waals surface area contributed by atoms with Crippen molar-refractivity contribution in [3.63, 3.8) is 0 Å². The van der Waals surface area contributed by atoms with Crippen molar-refractivity contribution >= 4 is 10.1 Å². The summed E-state index contributed by atoms with van der Waals surface area (Å²) in [5.74, 6) is 0.664. The molecular weight excluding hydrogens is 256 g/mol. The molecule has 0 atom stereocenters. The highest BCUT2D eigenvalue weighted by Crippen LogP contribution is 2.32. The van der Waals surface area contributed by atoms with Gasteiger partial charge in [0, 0.05) is 5.56 Å². The van der Waals surface area contributed by atoms with Crippen LogP contribution >= 0.6 is 0 Å². The summed E-state index contributed by atoms with van der Waals surface area (Å²) in [5, 5.41) is 0. The van der Waals surface area contributed by atoms with Gasteiger partial charge in [0.2, 0.25) is 0 Å². The number of hydrogen-bond donors (Lipinski definition) is 0. The topological polar surface area (TPSA) is 61.8 Å². The van der Waals surface area contributed by atoms with Crippen molar-refractivity contribution in [1.82, 2.24) is 0 Å². The van der Waals surface area contributed by atoms with Gasteiger partial charge in [-0.2, -0.15) is 8.42 Å². The van der Waals surface area contributed by atoms with Crippen LogP contribution in [0.3, 0.4) is 0 Å². The van der Waals surface area contributed by atoms with E-state index in [1.54, 1.807) is 32.0 Å². The molecule has 5 nitrogen and oxygen atoms in total. The first-order chi connectivity index (χ1) is 8.39. The SMILES string of the molecule is COc1cccc(CS(=O)(=O)OC(C)C)c1OC. The Bertz CT molecular complexity index is 493. The molecule has 0 amide bonds. The standard InChI is InChI=1S/C12H18O5S/c1-9(2)17-18(13,14)8-10-6-5-7-11(15-3)12(10)16-4/h5-7,9H,8H2,1-4H3. The molecule has 102 valence electrons. The predicted octanol–water partition coefficient (Wildman–Crippen LogP) is 1.96. The van der Waals surface area contributed by atoms with Crippen molar-refractivity contribution in [2.75, 3.05) is 14.2 Å². The maximum absolute atomic E-state index is 11.8. The predicted molar refractivity (Wildman–Crippen MR) is 68.4 cm³/mol. The van der Waals surface area contributed by atoms with E-state index in [2.05, 4.69) is 0 Å². The van der Waals surface area contributed by atoms with Crippen LogP contribution in [0.5, 0.6) is 11.5 Å². The van der Waals surface area contributed by atoms with E-state index in [0.717, 1.165) is 0 Å².